The van der Waals surface area contributed by atoms with Crippen LogP contribution in [0.3, 0.4) is 0 Å². The summed E-state index contributed by atoms with van der Waals surface area (Å²) in [7, 11) is -3.14. The number of rotatable bonds is 9. The number of nitrogens with two attached hydrogens (primary N) is 1. The van der Waals surface area contributed by atoms with Crippen LogP contribution < -0.4 is 15.2 Å². The van der Waals surface area contributed by atoms with Gasteiger partial charge in [-0.25, -0.2) is 18.8 Å². The fraction of sp³-hybridized carbons (Fsp3) is 0.909. The van der Waals surface area contributed by atoms with E-state index in [1.54, 1.807) is 0 Å². The monoisotopic (exact) mass is 278 g/mol. The first kappa shape index (κ1) is 17.5. The highest BCUT2D eigenvalue weighted by molar-refractivity contribution is 7.88. The van der Waals surface area contributed by atoms with Crippen molar-refractivity contribution in [3.63, 3.8) is 0 Å². The highest BCUT2D eigenvalue weighted by atomic mass is 32.2. The summed E-state index contributed by atoms with van der Waals surface area (Å²) in [5, 5.41) is 8.27. The summed E-state index contributed by atoms with van der Waals surface area (Å²) in [6.45, 7) is 8.13. The molecule has 7 heteroatoms. The summed E-state index contributed by atoms with van der Waals surface area (Å²) in [6.07, 6.45) is 1.30. The van der Waals surface area contributed by atoms with E-state index in [-0.39, 0.29) is 23.8 Å². The SMILES string of the molecule is CC(C)N[C@@H](CCCNS(=N)(N)=O)C(=O)C(C)C. The Morgan fingerprint density at radius 3 is 2.28 bits per heavy atom. The molecule has 0 aromatic heterocycles. The Kier molecular flexibility index (Phi) is 7.61. The fourth-order valence-corrected chi connectivity index (χ4v) is 2.09. The van der Waals surface area contributed by atoms with Crippen LogP contribution in [-0.4, -0.2) is 28.6 Å². The predicted octanol–water partition coefficient (Wildman–Crippen LogP) is 0.783. The second-order valence-electron chi connectivity index (χ2n) is 5.07. The topological polar surface area (TPSA) is 108 Å². The van der Waals surface area contributed by atoms with Crippen molar-refractivity contribution < 1.29 is 9.00 Å². The Balaban J connectivity index is 4.22. The van der Waals surface area contributed by atoms with Gasteiger partial charge in [0.1, 0.15) is 0 Å². The quantitative estimate of drug-likeness (QED) is 0.468. The molecule has 2 atom stereocenters. The zero-order chi connectivity index (χ0) is 14.3. The van der Waals surface area contributed by atoms with E-state index in [9.17, 15) is 9.00 Å². The molecule has 0 aromatic rings. The van der Waals surface area contributed by atoms with Gasteiger partial charge in [0.25, 0.3) is 0 Å². The number of ketones is 1. The highest BCUT2D eigenvalue weighted by Gasteiger charge is 2.21. The maximum Gasteiger partial charge on any atom is 0.167 e. The average Bonchev–Trinajstić information content (AvgIpc) is 2.19. The molecule has 0 saturated heterocycles. The van der Waals surface area contributed by atoms with E-state index in [0.717, 1.165) is 0 Å². The normalized spacial score (nSPS) is 16.8. The minimum atomic E-state index is -3.14. The summed E-state index contributed by atoms with van der Waals surface area (Å²) in [5.74, 6) is 0.173. The second-order valence-corrected chi connectivity index (χ2v) is 6.56. The summed E-state index contributed by atoms with van der Waals surface area (Å²) in [6, 6.07) is 0.0481. The van der Waals surface area contributed by atoms with Crippen LogP contribution in [0.4, 0.5) is 0 Å². The molecule has 0 spiro atoms. The van der Waals surface area contributed by atoms with Crippen LogP contribution in [-0.2, 0) is 14.9 Å². The van der Waals surface area contributed by atoms with Crippen LogP contribution in [0, 0.1) is 10.7 Å². The first-order chi connectivity index (χ1) is 8.13. The molecule has 0 rings (SSSR count). The first-order valence-corrected chi connectivity index (χ1v) is 7.86. The zero-order valence-electron chi connectivity index (χ0n) is 11.7. The van der Waals surface area contributed by atoms with Crippen molar-refractivity contribution in [2.45, 2.75) is 52.6 Å². The standard InChI is InChI=1S/C11H26N4O2S/c1-8(2)11(16)10(15-9(3)4)6-5-7-14-18(12,13)17/h8-10,15H,5-7H2,1-4H3,(H4,12,13,14,17)/t10-/m0/s1. The number of carbonyl (C=O) groups excluding carboxylic acids is 1. The Morgan fingerprint density at radius 2 is 1.89 bits per heavy atom. The van der Waals surface area contributed by atoms with E-state index in [1.165, 1.54) is 0 Å². The Labute approximate surface area is 110 Å². The van der Waals surface area contributed by atoms with Gasteiger partial charge in [0.05, 0.1) is 6.04 Å². The molecule has 6 nitrogen and oxygen atoms in total. The summed E-state index contributed by atoms with van der Waals surface area (Å²) in [5.41, 5.74) is 0. The van der Waals surface area contributed by atoms with E-state index in [0.29, 0.717) is 19.4 Å². The summed E-state index contributed by atoms with van der Waals surface area (Å²) in [4.78, 5) is 12.0. The van der Waals surface area contributed by atoms with E-state index in [1.807, 2.05) is 27.7 Å². The lowest BCUT2D eigenvalue weighted by Gasteiger charge is -2.22. The lowest BCUT2D eigenvalue weighted by atomic mass is 9.97. The molecule has 0 aliphatic rings. The molecule has 5 N–H and O–H groups in total. The van der Waals surface area contributed by atoms with Crippen molar-refractivity contribution in [3.05, 3.63) is 0 Å². The van der Waals surface area contributed by atoms with Crippen LogP contribution in [0.2, 0.25) is 0 Å². The van der Waals surface area contributed by atoms with Crippen LogP contribution in [0.5, 0.6) is 0 Å². The molecule has 1 unspecified atom stereocenters. The van der Waals surface area contributed by atoms with Crippen LogP contribution in [0.15, 0.2) is 0 Å². The molecular formula is C11H26N4O2S. The number of nitrogens with one attached hydrogen (secondary N) is 3. The fourth-order valence-electron chi connectivity index (χ4n) is 1.64. The number of Topliss-reactive ketones (excluding diaryl/α,β-unsaturated/α-hetero) is 1. The van der Waals surface area contributed by atoms with Gasteiger partial charge in [-0.3, -0.25) is 4.79 Å². The highest BCUT2D eigenvalue weighted by Crippen LogP contribution is 2.07. The Hall–Kier alpha value is -0.500. The molecule has 0 aromatic carbocycles. The van der Waals surface area contributed by atoms with Gasteiger partial charge in [0, 0.05) is 18.5 Å². The maximum absolute atomic E-state index is 12.0. The molecular weight excluding hydrogens is 252 g/mol. The van der Waals surface area contributed by atoms with Crippen LogP contribution in [0.1, 0.15) is 40.5 Å². The molecule has 0 amide bonds. The molecule has 0 radical (unpaired) electrons. The second kappa shape index (κ2) is 7.83. The van der Waals surface area contributed by atoms with Gasteiger partial charge in [-0.2, -0.15) is 0 Å². The van der Waals surface area contributed by atoms with E-state index < -0.39 is 10.1 Å². The molecule has 0 bridgehead atoms. The minimum absolute atomic E-state index is 0.0101. The van der Waals surface area contributed by atoms with E-state index in [4.69, 9.17) is 9.92 Å². The molecule has 0 aliphatic carbocycles. The van der Waals surface area contributed by atoms with Crippen LogP contribution in [0.25, 0.3) is 0 Å². The lowest BCUT2D eigenvalue weighted by Crippen LogP contribution is -2.43. The number of carbonyl (C=O) groups is 1. The van der Waals surface area contributed by atoms with Gasteiger partial charge in [-0.15, -0.1) is 0 Å². The molecule has 0 saturated carbocycles. The third kappa shape index (κ3) is 8.57. The van der Waals surface area contributed by atoms with Crippen molar-refractivity contribution in [3.8, 4) is 0 Å². The predicted molar refractivity (Wildman–Crippen MR) is 74.2 cm³/mol. The maximum atomic E-state index is 12.0. The molecule has 0 fully saturated rings. The van der Waals surface area contributed by atoms with Crippen molar-refractivity contribution in [1.82, 2.24) is 10.0 Å². The van der Waals surface area contributed by atoms with E-state index >= 15 is 0 Å². The summed E-state index contributed by atoms with van der Waals surface area (Å²) >= 11 is 0. The lowest BCUT2D eigenvalue weighted by molar-refractivity contribution is -0.124. The van der Waals surface area contributed by atoms with Crippen LogP contribution >= 0.6 is 0 Å². The summed E-state index contributed by atoms with van der Waals surface area (Å²) < 4.78 is 20.3. The third-order valence-electron chi connectivity index (χ3n) is 2.43. The van der Waals surface area contributed by atoms with Crippen molar-refractivity contribution in [2.75, 3.05) is 6.54 Å². The van der Waals surface area contributed by atoms with Crippen molar-refractivity contribution in [1.29, 1.82) is 4.78 Å². The number of hydrogen-bond donors (Lipinski definition) is 4. The minimum Gasteiger partial charge on any atom is -0.305 e. The smallest absolute Gasteiger partial charge is 0.167 e. The molecule has 0 heterocycles. The van der Waals surface area contributed by atoms with Gasteiger partial charge < -0.3 is 5.32 Å². The third-order valence-corrected chi connectivity index (χ3v) is 3.07. The van der Waals surface area contributed by atoms with Gasteiger partial charge in [-0.05, 0) is 12.8 Å². The van der Waals surface area contributed by atoms with E-state index in [2.05, 4.69) is 10.0 Å². The first-order valence-electron chi connectivity index (χ1n) is 6.24. The molecule has 0 aliphatic heterocycles. The van der Waals surface area contributed by atoms with Crippen molar-refractivity contribution >= 4 is 15.9 Å². The molecule has 18 heavy (non-hydrogen) atoms. The number of hydrogen-bond acceptors (Lipinski definition) is 4. The zero-order valence-corrected chi connectivity index (χ0v) is 12.5. The van der Waals surface area contributed by atoms with Crippen molar-refractivity contribution in [2.24, 2.45) is 11.1 Å². The Bertz CT molecular complexity index is 352. The largest absolute Gasteiger partial charge is 0.305 e. The van der Waals surface area contributed by atoms with Gasteiger partial charge in [-0.1, -0.05) is 27.7 Å². The van der Waals surface area contributed by atoms with Gasteiger partial charge >= 0.3 is 0 Å². The average molecular weight is 278 g/mol. The molecule has 108 valence electrons. The van der Waals surface area contributed by atoms with Gasteiger partial charge in [0.2, 0.25) is 0 Å². The Morgan fingerprint density at radius 1 is 1.33 bits per heavy atom. The van der Waals surface area contributed by atoms with Gasteiger partial charge in [0.15, 0.2) is 15.9 Å².